The number of hydrogen-bond donors (Lipinski definition) is 0. The Morgan fingerprint density at radius 2 is 1.85 bits per heavy atom. The third-order valence-electron chi connectivity index (χ3n) is 3.98. The highest BCUT2D eigenvalue weighted by molar-refractivity contribution is 5.98. The summed E-state index contributed by atoms with van der Waals surface area (Å²) in [4.78, 5) is 22.4. The lowest BCUT2D eigenvalue weighted by atomic mass is 10.0. The van der Waals surface area contributed by atoms with Crippen molar-refractivity contribution in [3.63, 3.8) is 0 Å². The number of carbonyl (C=O) groups is 1. The molecule has 1 heterocycles. The molecule has 5 heteroatoms. The van der Waals surface area contributed by atoms with E-state index in [9.17, 15) is 4.79 Å². The van der Waals surface area contributed by atoms with Crippen LogP contribution in [0.3, 0.4) is 0 Å². The first-order valence-corrected chi connectivity index (χ1v) is 8.46. The molecule has 0 aliphatic heterocycles. The van der Waals surface area contributed by atoms with Crippen LogP contribution in [0.25, 0.3) is 10.9 Å². The zero-order chi connectivity index (χ0) is 18.4. The quantitative estimate of drug-likeness (QED) is 0.379. The number of carbonyl (C=O) groups excluding carboxylic acids is 1. The zero-order valence-electron chi connectivity index (χ0n) is 14.8. The summed E-state index contributed by atoms with van der Waals surface area (Å²) in [6, 6.07) is 17.3. The van der Waals surface area contributed by atoms with Crippen molar-refractivity contribution in [1.29, 1.82) is 0 Å². The standard InChI is InChI=1S/C21H20N2O3/c1-3-25-21(24)20-15(2)17-11-7-8-12-18(17)23-19(20)14-26-22-13-16-9-5-4-6-10-16/h4-13H,3,14H2,1-2H3/b22-13-. The molecule has 0 amide bonds. The van der Waals surface area contributed by atoms with Crippen molar-refractivity contribution in [3.05, 3.63) is 77.0 Å². The van der Waals surface area contributed by atoms with E-state index in [1.54, 1.807) is 13.1 Å². The van der Waals surface area contributed by atoms with Gasteiger partial charge in [-0.3, -0.25) is 0 Å². The Kier molecular flexibility index (Phi) is 5.59. The summed E-state index contributed by atoms with van der Waals surface area (Å²) in [5.41, 5.74) is 3.54. The highest BCUT2D eigenvalue weighted by Gasteiger charge is 2.20. The largest absolute Gasteiger partial charge is 0.462 e. The number of aryl methyl sites for hydroxylation is 1. The topological polar surface area (TPSA) is 60.8 Å². The Balaban J connectivity index is 1.89. The van der Waals surface area contributed by atoms with Crippen LogP contribution in [0.4, 0.5) is 0 Å². The van der Waals surface area contributed by atoms with Crippen molar-refractivity contribution in [1.82, 2.24) is 4.98 Å². The average Bonchev–Trinajstić information content (AvgIpc) is 2.66. The van der Waals surface area contributed by atoms with Gasteiger partial charge in [0.1, 0.15) is 0 Å². The zero-order valence-corrected chi connectivity index (χ0v) is 14.8. The van der Waals surface area contributed by atoms with Gasteiger partial charge >= 0.3 is 5.97 Å². The van der Waals surface area contributed by atoms with E-state index in [4.69, 9.17) is 9.57 Å². The second-order valence-electron chi connectivity index (χ2n) is 5.71. The molecule has 0 N–H and O–H groups in total. The van der Waals surface area contributed by atoms with Gasteiger partial charge in [-0.25, -0.2) is 9.78 Å². The molecule has 0 unspecified atom stereocenters. The maximum Gasteiger partial charge on any atom is 0.340 e. The molecule has 26 heavy (non-hydrogen) atoms. The molecule has 1 aromatic heterocycles. The molecule has 0 saturated heterocycles. The summed E-state index contributed by atoms with van der Waals surface area (Å²) in [5.74, 6) is -0.395. The molecule has 0 radical (unpaired) electrons. The number of nitrogens with zero attached hydrogens (tertiary/aromatic N) is 2. The van der Waals surface area contributed by atoms with Gasteiger partial charge in [-0.05, 0) is 31.0 Å². The van der Waals surface area contributed by atoms with Crippen molar-refractivity contribution < 1.29 is 14.4 Å². The summed E-state index contributed by atoms with van der Waals surface area (Å²) in [6.07, 6.45) is 1.62. The SMILES string of the molecule is CCOC(=O)c1c(CO/N=C\c2ccccc2)nc2ccccc2c1C. The van der Waals surface area contributed by atoms with E-state index in [-0.39, 0.29) is 6.61 Å². The second-order valence-corrected chi connectivity index (χ2v) is 5.71. The minimum atomic E-state index is -0.395. The number of esters is 1. The maximum absolute atomic E-state index is 12.4. The summed E-state index contributed by atoms with van der Waals surface area (Å²) in [7, 11) is 0. The van der Waals surface area contributed by atoms with E-state index >= 15 is 0 Å². The molecule has 0 saturated carbocycles. The molecule has 2 aromatic carbocycles. The predicted octanol–water partition coefficient (Wildman–Crippen LogP) is 4.27. The van der Waals surface area contributed by atoms with Crippen LogP contribution < -0.4 is 0 Å². The molecule has 3 aromatic rings. The van der Waals surface area contributed by atoms with Crippen molar-refractivity contribution in [3.8, 4) is 0 Å². The summed E-state index contributed by atoms with van der Waals surface area (Å²) >= 11 is 0. The van der Waals surface area contributed by atoms with Crippen LogP contribution in [-0.2, 0) is 16.2 Å². The lowest BCUT2D eigenvalue weighted by molar-refractivity contribution is 0.0517. The number of para-hydroxylation sites is 1. The fraction of sp³-hybridized carbons (Fsp3) is 0.190. The first-order chi connectivity index (χ1) is 12.7. The normalized spacial score (nSPS) is 11.0. The summed E-state index contributed by atoms with van der Waals surface area (Å²) < 4.78 is 5.20. The van der Waals surface area contributed by atoms with E-state index < -0.39 is 5.97 Å². The fourth-order valence-corrected chi connectivity index (χ4v) is 2.75. The van der Waals surface area contributed by atoms with Crippen LogP contribution in [0, 0.1) is 6.92 Å². The van der Waals surface area contributed by atoms with Gasteiger partial charge in [0.2, 0.25) is 0 Å². The van der Waals surface area contributed by atoms with Crippen LogP contribution in [0.15, 0.2) is 59.8 Å². The van der Waals surface area contributed by atoms with Crippen molar-refractivity contribution in [2.24, 2.45) is 5.16 Å². The number of oxime groups is 1. The first kappa shape index (κ1) is 17.6. The number of aromatic nitrogens is 1. The van der Waals surface area contributed by atoms with Gasteiger partial charge in [-0.2, -0.15) is 0 Å². The molecule has 0 spiro atoms. The van der Waals surface area contributed by atoms with E-state index in [1.165, 1.54) is 0 Å². The van der Waals surface area contributed by atoms with Gasteiger partial charge in [-0.1, -0.05) is 53.7 Å². The fourth-order valence-electron chi connectivity index (χ4n) is 2.75. The van der Waals surface area contributed by atoms with Gasteiger partial charge in [0.05, 0.1) is 29.6 Å². The van der Waals surface area contributed by atoms with Crippen LogP contribution in [0.2, 0.25) is 0 Å². The number of fused-ring (bicyclic) bond motifs is 1. The van der Waals surface area contributed by atoms with E-state index in [1.807, 2.05) is 61.5 Å². The highest BCUT2D eigenvalue weighted by Crippen LogP contribution is 2.24. The molecular formula is C21H20N2O3. The van der Waals surface area contributed by atoms with Crippen molar-refractivity contribution >= 4 is 23.1 Å². The lowest BCUT2D eigenvalue weighted by Crippen LogP contribution is -2.13. The van der Waals surface area contributed by atoms with Crippen molar-refractivity contribution in [2.45, 2.75) is 20.5 Å². The first-order valence-electron chi connectivity index (χ1n) is 8.46. The number of pyridine rings is 1. The van der Waals surface area contributed by atoms with Crippen LogP contribution in [0.1, 0.15) is 34.1 Å². The molecule has 132 valence electrons. The minimum Gasteiger partial charge on any atom is -0.462 e. The van der Waals surface area contributed by atoms with Crippen LogP contribution in [0.5, 0.6) is 0 Å². The summed E-state index contributed by atoms with van der Waals surface area (Å²) in [5, 5.41) is 4.90. The van der Waals surface area contributed by atoms with E-state index in [2.05, 4.69) is 10.1 Å². The Hall–Kier alpha value is -3.21. The van der Waals surface area contributed by atoms with Gasteiger partial charge in [-0.15, -0.1) is 0 Å². The predicted molar refractivity (Wildman–Crippen MR) is 101 cm³/mol. The second kappa shape index (κ2) is 8.25. The Morgan fingerprint density at radius 1 is 1.12 bits per heavy atom. The van der Waals surface area contributed by atoms with Gasteiger partial charge < -0.3 is 9.57 Å². The molecule has 3 rings (SSSR count). The lowest BCUT2D eigenvalue weighted by Gasteiger charge is -2.13. The summed E-state index contributed by atoms with van der Waals surface area (Å²) in [6.45, 7) is 4.07. The van der Waals surface area contributed by atoms with Gasteiger partial charge in [0.25, 0.3) is 0 Å². The maximum atomic E-state index is 12.4. The van der Waals surface area contributed by atoms with E-state index in [0.717, 1.165) is 22.0 Å². The third kappa shape index (κ3) is 3.88. The molecule has 0 aliphatic rings. The molecule has 0 fully saturated rings. The number of ether oxygens (including phenoxy) is 1. The van der Waals surface area contributed by atoms with Crippen molar-refractivity contribution in [2.75, 3.05) is 6.61 Å². The number of rotatable bonds is 6. The smallest absolute Gasteiger partial charge is 0.340 e. The van der Waals surface area contributed by atoms with E-state index in [0.29, 0.717) is 17.9 Å². The molecule has 5 nitrogen and oxygen atoms in total. The average molecular weight is 348 g/mol. The minimum absolute atomic E-state index is 0.0865. The number of hydrogen-bond acceptors (Lipinski definition) is 5. The van der Waals surface area contributed by atoms with Crippen LogP contribution >= 0.6 is 0 Å². The Labute approximate surface area is 152 Å². The molecule has 0 aliphatic carbocycles. The molecule has 0 atom stereocenters. The highest BCUT2D eigenvalue weighted by atomic mass is 16.6. The van der Waals surface area contributed by atoms with Crippen LogP contribution in [-0.4, -0.2) is 23.8 Å². The number of benzene rings is 2. The monoisotopic (exact) mass is 348 g/mol. The van der Waals surface area contributed by atoms with Gasteiger partial charge in [0.15, 0.2) is 6.61 Å². The Morgan fingerprint density at radius 3 is 2.62 bits per heavy atom. The Bertz CT molecular complexity index is 937. The molecular weight excluding hydrogens is 328 g/mol. The molecule has 0 bridgehead atoms. The third-order valence-corrected chi connectivity index (χ3v) is 3.98. The van der Waals surface area contributed by atoms with Gasteiger partial charge in [0, 0.05) is 5.39 Å².